The summed E-state index contributed by atoms with van der Waals surface area (Å²) >= 11 is 0. The molecule has 0 radical (unpaired) electrons. The molecule has 1 fully saturated rings. The molecule has 4 heteroatoms. The molecule has 0 heterocycles. The molecule has 0 bridgehead atoms. The van der Waals surface area contributed by atoms with Crippen LogP contribution in [0.15, 0.2) is 42.5 Å². The number of hydrogen-bond donors (Lipinski definition) is 0. The minimum absolute atomic E-state index is 0.0915. The third-order valence-corrected chi connectivity index (χ3v) is 6.16. The number of benzene rings is 3. The van der Waals surface area contributed by atoms with Crippen LogP contribution < -0.4 is 0 Å². The monoisotopic (exact) mass is 386 g/mol. The summed E-state index contributed by atoms with van der Waals surface area (Å²) in [7, 11) is 0. The highest BCUT2D eigenvalue weighted by Crippen LogP contribution is 2.39. The first-order chi connectivity index (χ1) is 13.5. The molecule has 0 unspecified atom stereocenters. The Bertz CT molecular complexity index is 994. The van der Waals surface area contributed by atoms with Gasteiger partial charge in [0.2, 0.25) is 0 Å². The third-order valence-electron chi connectivity index (χ3n) is 6.16. The van der Waals surface area contributed by atoms with E-state index in [1.54, 1.807) is 0 Å². The highest BCUT2D eigenvalue weighted by molar-refractivity contribution is 5.88. The second kappa shape index (κ2) is 7.57. The molecule has 28 heavy (non-hydrogen) atoms. The highest BCUT2D eigenvalue weighted by atomic mass is 19.2. The summed E-state index contributed by atoms with van der Waals surface area (Å²) in [4.78, 5) is 0. The normalized spacial score (nSPS) is 19.9. The van der Waals surface area contributed by atoms with Gasteiger partial charge in [0.25, 0.3) is 0 Å². The largest absolute Gasteiger partial charge is 0.206 e. The van der Waals surface area contributed by atoms with Gasteiger partial charge in [0.15, 0.2) is 11.6 Å². The maximum Gasteiger partial charge on any atom is 0.166 e. The van der Waals surface area contributed by atoms with Crippen molar-refractivity contribution in [2.24, 2.45) is 5.92 Å². The number of halogens is 4. The fraction of sp³-hybridized carbons (Fsp3) is 0.333. The van der Waals surface area contributed by atoms with Crippen molar-refractivity contribution in [3.05, 3.63) is 71.3 Å². The van der Waals surface area contributed by atoms with Crippen molar-refractivity contribution < 1.29 is 17.6 Å². The van der Waals surface area contributed by atoms with E-state index in [1.165, 1.54) is 36.4 Å². The summed E-state index contributed by atoms with van der Waals surface area (Å²) in [5.41, 5.74) is 0.898. The predicted molar refractivity (Wildman–Crippen MR) is 104 cm³/mol. The Hall–Kier alpha value is -2.36. The van der Waals surface area contributed by atoms with E-state index in [4.69, 9.17) is 0 Å². The van der Waals surface area contributed by atoms with Crippen LogP contribution in [0.1, 0.15) is 50.5 Å². The van der Waals surface area contributed by atoms with Crippen molar-refractivity contribution in [1.82, 2.24) is 0 Å². The average Bonchev–Trinajstić information content (AvgIpc) is 2.70. The number of hydrogen-bond acceptors (Lipinski definition) is 0. The minimum atomic E-state index is -0.956. The Balaban J connectivity index is 1.69. The Kier molecular flexibility index (Phi) is 5.13. The Labute approximate surface area is 162 Å². The van der Waals surface area contributed by atoms with Crippen molar-refractivity contribution in [2.75, 3.05) is 0 Å². The maximum absolute atomic E-state index is 14.9. The lowest BCUT2D eigenvalue weighted by Gasteiger charge is -2.28. The lowest BCUT2D eigenvalue weighted by atomic mass is 9.77. The molecule has 0 aromatic heterocycles. The van der Waals surface area contributed by atoms with Gasteiger partial charge < -0.3 is 0 Å². The first-order valence-electron chi connectivity index (χ1n) is 9.85. The molecule has 1 aliphatic carbocycles. The van der Waals surface area contributed by atoms with Gasteiger partial charge in [0, 0.05) is 5.39 Å². The quantitative estimate of drug-likeness (QED) is 0.404. The van der Waals surface area contributed by atoms with E-state index >= 15 is 0 Å². The minimum Gasteiger partial charge on any atom is -0.206 e. The summed E-state index contributed by atoms with van der Waals surface area (Å²) in [6.45, 7) is 2.18. The van der Waals surface area contributed by atoms with Crippen LogP contribution in [-0.4, -0.2) is 0 Å². The fourth-order valence-corrected chi connectivity index (χ4v) is 4.43. The van der Waals surface area contributed by atoms with Crippen molar-refractivity contribution in [3.8, 4) is 11.1 Å². The van der Waals surface area contributed by atoms with Gasteiger partial charge in [-0.2, -0.15) is 0 Å². The summed E-state index contributed by atoms with van der Waals surface area (Å²) in [5, 5.41) is 0.492. The van der Waals surface area contributed by atoms with Gasteiger partial charge in [-0.25, -0.2) is 17.6 Å². The highest BCUT2D eigenvalue weighted by Gasteiger charge is 2.24. The van der Waals surface area contributed by atoms with Crippen LogP contribution in [0.25, 0.3) is 21.9 Å². The van der Waals surface area contributed by atoms with Crippen LogP contribution in [0.4, 0.5) is 17.6 Å². The van der Waals surface area contributed by atoms with E-state index in [1.807, 2.05) is 0 Å². The van der Waals surface area contributed by atoms with E-state index in [2.05, 4.69) is 6.92 Å². The molecule has 3 aromatic rings. The SMILES string of the molecule is CC[C@H]1CC[C@H](c2cc(F)c(-c3ccc4c(F)c(F)ccc4c3)c(F)c2)CC1. The predicted octanol–water partition coefficient (Wildman–Crippen LogP) is 7.75. The van der Waals surface area contributed by atoms with Crippen LogP contribution in [0.2, 0.25) is 0 Å². The Morgan fingerprint density at radius 3 is 2.11 bits per heavy atom. The summed E-state index contributed by atoms with van der Waals surface area (Å²) in [5.74, 6) is -2.23. The van der Waals surface area contributed by atoms with Gasteiger partial charge in [-0.15, -0.1) is 0 Å². The molecule has 0 atom stereocenters. The molecule has 0 aliphatic heterocycles. The summed E-state index contributed by atoms with van der Waals surface area (Å²) < 4.78 is 57.0. The first-order valence-corrected chi connectivity index (χ1v) is 9.85. The van der Waals surface area contributed by atoms with Crippen LogP contribution in [0, 0.1) is 29.2 Å². The Morgan fingerprint density at radius 2 is 1.46 bits per heavy atom. The van der Waals surface area contributed by atoms with Gasteiger partial charge in [-0.1, -0.05) is 31.5 Å². The maximum atomic E-state index is 14.9. The first kappa shape index (κ1) is 19.0. The molecule has 1 aliphatic rings. The van der Waals surface area contributed by atoms with Gasteiger partial charge in [0.05, 0.1) is 5.56 Å². The van der Waals surface area contributed by atoms with Crippen molar-refractivity contribution >= 4 is 10.8 Å². The van der Waals surface area contributed by atoms with Crippen molar-refractivity contribution in [1.29, 1.82) is 0 Å². The zero-order valence-electron chi connectivity index (χ0n) is 15.7. The van der Waals surface area contributed by atoms with Crippen LogP contribution in [0.5, 0.6) is 0 Å². The van der Waals surface area contributed by atoms with Crippen LogP contribution >= 0.6 is 0 Å². The van der Waals surface area contributed by atoms with E-state index in [0.29, 0.717) is 22.4 Å². The molecule has 4 rings (SSSR count). The third kappa shape index (κ3) is 3.41. The molecular weight excluding hydrogens is 364 g/mol. The van der Waals surface area contributed by atoms with Gasteiger partial charge in [-0.3, -0.25) is 0 Å². The standard InChI is InChI=1S/C24H22F4/c1-2-14-3-5-15(6-4-14)18-12-21(26)23(22(27)13-18)17-7-9-19-16(11-17)8-10-20(25)24(19)28/h7-15H,2-6H2,1H3/t14-,15-. The summed E-state index contributed by atoms with van der Waals surface area (Å²) in [6, 6.07) is 9.58. The molecule has 146 valence electrons. The average molecular weight is 386 g/mol. The fourth-order valence-electron chi connectivity index (χ4n) is 4.43. The van der Waals surface area contributed by atoms with Crippen LogP contribution in [0.3, 0.4) is 0 Å². The zero-order chi connectivity index (χ0) is 19.8. The molecule has 0 spiro atoms. The molecule has 0 amide bonds. The molecular formula is C24H22F4. The van der Waals surface area contributed by atoms with Crippen molar-refractivity contribution in [2.45, 2.75) is 44.9 Å². The topological polar surface area (TPSA) is 0 Å². The molecule has 3 aromatic carbocycles. The number of fused-ring (bicyclic) bond motifs is 1. The van der Waals surface area contributed by atoms with Gasteiger partial charge in [-0.05, 0) is 78.3 Å². The van der Waals surface area contributed by atoms with Crippen LogP contribution in [-0.2, 0) is 0 Å². The van der Waals surface area contributed by atoms with E-state index < -0.39 is 23.3 Å². The molecule has 0 N–H and O–H groups in total. The molecule has 1 saturated carbocycles. The Morgan fingerprint density at radius 1 is 0.786 bits per heavy atom. The van der Waals surface area contributed by atoms with E-state index in [9.17, 15) is 17.6 Å². The van der Waals surface area contributed by atoms with Crippen molar-refractivity contribution in [3.63, 3.8) is 0 Å². The number of rotatable bonds is 3. The van der Waals surface area contributed by atoms with Gasteiger partial charge >= 0.3 is 0 Å². The molecule has 0 saturated heterocycles. The smallest absolute Gasteiger partial charge is 0.166 e. The summed E-state index contributed by atoms with van der Waals surface area (Å²) in [6.07, 6.45) is 5.26. The van der Waals surface area contributed by atoms with E-state index in [-0.39, 0.29) is 16.9 Å². The second-order valence-electron chi connectivity index (χ2n) is 7.78. The zero-order valence-corrected chi connectivity index (χ0v) is 15.7. The van der Waals surface area contributed by atoms with E-state index in [0.717, 1.165) is 38.2 Å². The lowest BCUT2D eigenvalue weighted by molar-refractivity contribution is 0.318. The second-order valence-corrected chi connectivity index (χ2v) is 7.78. The molecule has 0 nitrogen and oxygen atoms in total. The van der Waals surface area contributed by atoms with Gasteiger partial charge in [0.1, 0.15) is 11.6 Å². The lowest BCUT2D eigenvalue weighted by Crippen LogP contribution is -2.13.